The summed E-state index contributed by atoms with van der Waals surface area (Å²) in [4.78, 5) is 11.0. The second-order valence-corrected chi connectivity index (χ2v) is 7.62. The number of carbonyl (C=O) groups excluding carboxylic acids is 1. The lowest BCUT2D eigenvalue weighted by atomic mass is 10.2. The monoisotopic (exact) mass is 431 g/mol. The van der Waals surface area contributed by atoms with E-state index in [9.17, 15) is 17.6 Å². The van der Waals surface area contributed by atoms with Gasteiger partial charge in [-0.25, -0.2) is 17.6 Å². The molecule has 2 aromatic rings. The van der Waals surface area contributed by atoms with Crippen LogP contribution in [0.5, 0.6) is 5.75 Å². The van der Waals surface area contributed by atoms with Gasteiger partial charge in [0.1, 0.15) is 11.6 Å². The van der Waals surface area contributed by atoms with Crippen LogP contribution in [0.4, 0.5) is 10.1 Å². The summed E-state index contributed by atoms with van der Waals surface area (Å²) in [6.45, 7) is 1.34. The Balaban J connectivity index is 2.22. The number of ether oxygens (including phenoxy) is 2. The van der Waals surface area contributed by atoms with Crippen molar-refractivity contribution >= 4 is 37.6 Å². The number of methoxy groups -OCH3 is 1. The van der Waals surface area contributed by atoms with Gasteiger partial charge in [0.05, 0.1) is 17.7 Å². The normalized spacial score (nSPS) is 11.0. The van der Waals surface area contributed by atoms with E-state index in [-0.39, 0.29) is 17.2 Å². The zero-order valence-electron chi connectivity index (χ0n) is 13.4. The molecule has 0 atom stereocenters. The number of anilines is 1. The van der Waals surface area contributed by atoms with Crippen LogP contribution in [-0.2, 0) is 19.6 Å². The first kappa shape index (κ1) is 19.2. The number of benzene rings is 2. The van der Waals surface area contributed by atoms with Crippen molar-refractivity contribution in [3.63, 3.8) is 0 Å². The number of rotatable bonds is 6. The molecule has 1 N–H and O–H groups in total. The summed E-state index contributed by atoms with van der Waals surface area (Å²) in [5, 5.41) is 0. The summed E-state index contributed by atoms with van der Waals surface area (Å²) in [7, 11) is -2.74. The largest absolute Gasteiger partial charge is 0.482 e. The van der Waals surface area contributed by atoms with Gasteiger partial charge in [-0.05, 0) is 48.9 Å². The molecule has 0 aliphatic rings. The molecule has 0 radical (unpaired) electrons. The van der Waals surface area contributed by atoms with Crippen molar-refractivity contribution < 1.29 is 27.1 Å². The van der Waals surface area contributed by atoms with Crippen LogP contribution in [0, 0.1) is 12.7 Å². The van der Waals surface area contributed by atoms with Crippen LogP contribution in [-0.4, -0.2) is 28.1 Å². The Labute approximate surface area is 153 Å². The molecule has 0 spiro atoms. The molecule has 0 fully saturated rings. The van der Waals surface area contributed by atoms with Crippen LogP contribution in [0.25, 0.3) is 0 Å². The minimum Gasteiger partial charge on any atom is -0.482 e. The van der Waals surface area contributed by atoms with Gasteiger partial charge in [-0.2, -0.15) is 0 Å². The van der Waals surface area contributed by atoms with Gasteiger partial charge in [0.25, 0.3) is 10.0 Å². The number of esters is 1. The third kappa shape index (κ3) is 4.93. The van der Waals surface area contributed by atoms with Gasteiger partial charge in [-0.15, -0.1) is 0 Å². The minimum atomic E-state index is -3.98. The van der Waals surface area contributed by atoms with Gasteiger partial charge in [0.2, 0.25) is 0 Å². The topological polar surface area (TPSA) is 81.7 Å². The number of hydrogen-bond donors (Lipinski definition) is 1. The van der Waals surface area contributed by atoms with Gasteiger partial charge in [0, 0.05) is 4.47 Å². The van der Waals surface area contributed by atoms with Crippen molar-refractivity contribution in [2.24, 2.45) is 0 Å². The van der Waals surface area contributed by atoms with Crippen LogP contribution in [0.2, 0.25) is 0 Å². The minimum absolute atomic E-state index is 0.0577. The molecular formula is C16H15BrFNO5S. The van der Waals surface area contributed by atoms with Crippen LogP contribution in [0.15, 0.2) is 45.8 Å². The number of carbonyl (C=O) groups is 1. The molecule has 0 saturated carbocycles. The first-order valence-corrected chi connectivity index (χ1v) is 9.28. The smallest absolute Gasteiger partial charge is 0.343 e. The molecule has 6 nitrogen and oxygen atoms in total. The third-order valence-electron chi connectivity index (χ3n) is 3.21. The molecule has 0 unspecified atom stereocenters. The summed E-state index contributed by atoms with van der Waals surface area (Å²) in [6, 6.07) is 8.09. The molecule has 0 saturated heterocycles. The van der Waals surface area contributed by atoms with E-state index in [1.54, 1.807) is 6.92 Å². The van der Waals surface area contributed by atoms with Gasteiger partial charge >= 0.3 is 5.97 Å². The summed E-state index contributed by atoms with van der Waals surface area (Å²) >= 11 is 3.10. The second kappa shape index (κ2) is 7.83. The lowest BCUT2D eigenvalue weighted by Gasteiger charge is -2.12. The first-order chi connectivity index (χ1) is 11.7. The first-order valence-electron chi connectivity index (χ1n) is 7.01. The average molecular weight is 432 g/mol. The van der Waals surface area contributed by atoms with Crippen molar-refractivity contribution in [1.82, 2.24) is 0 Å². The zero-order valence-corrected chi connectivity index (χ0v) is 15.8. The zero-order chi connectivity index (χ0) is 18.6. The van der Waals surface area contributed by atoms with Crippen molar-refractivity contribution in [2.45, 2.75) is 11.8 Å². The molecule has 25 heavy (non-hydrogen) atoms. The van der Waals surface area contributed by atoms with Gasteiger partial charge in [-0.3, -0.25) is 4.72 Å². The van der Waals surface area contributed by atoms with E-state index < -0.39 is 21.8 Å². The Hall–Kier alpha value is -2.13. The molecule has 0 aromatic heterocycles. The van der Waals surface area contributed by atoms with Crippen molar-refractivity contribution in [2.75, 3.05) is 18.4 Å². The fraction of sp³-hybridized carbons (Fsp3) is 0.188. The second-order valence-electron chi connectivity index (χ2n) is 5.02. The van der Waals surface area contributed by atoms with E-state index in [0.717, 1.165) is 6.07 Å². The third-order valence-corrected chi connectivity index (χ3v) is 5.06. The molecule has 0 aliphatic heterocycles. The molecule has 2 rings (SSSR count). The number of aryl methyl sites for hydroxylation is 1. The highest BCUT2D eigenvalue weighted by molar-refractivity contribution is 9.10. The summed E-state index contributed by atoms with van der Waals surface area (Å²) in [6.07, 6.45) is 0. The molecular weight excluding hydrogens is 417 g/mol. The molecule has 2 aromatic carbocycles. The maximum absolute atomic E-state index is 13.8. The Morgan fingerprint density at radius 2 is 1.96 bits per heavy atom. The maximum Gasteiger partial charge on any atom is 0.343 e. The predicted molar refractivity (Wildman–Crippen MR) is 93.6 cm³/mol. The molecule has 0 aliphatic carbocycles. The van der Waals surface area contributed by atoms with Gasteiger partial charge in [-0.1, -0.05) is 15.9 Å². The molecule has 9 heteroatoms. The van der Waals surface area contributed by atoms with E-state index >= 15 is 0 Å². The lowest BCUT2D eigenvalue weighted by Crippen LogP contribution is -2.15. The van der Waals surface area contributed by atoms with Crippen LogP contribution < -0.4 is 9.46 Å². The highest BCUT2D eigenvalue weighted by atomic mass is 79.9. The Bertz CT molecular complexity index is 901. The maximum atomic E-state index is 13.8. The highest BCUT2D eigenvalue weighted by Crippen LogP contribution is 2.25. The Kier molecular flexibility index (Phi) is 6.02. The summed E-state index contributed by atoms with van der Waals surface area (Å²) in [5.41, 5.74) is 0.343. The fourth-order valence-electron chi connectivity index (χ4n) is 1.92. The van der Waals surface area contributed by atoms with Crippen molar-refractivity contribution in [3.8, 4) is 5.75 Å². The molecule has 134 valence electrons. The standard InChI is InChI=1S/C16H15BrFNO5S/c1-10-7-12(4-6-15(10)24-9-16(20)23-2)25(21,22)19-14-5-3-11(17)8-13(14)18/h3-8,19H,9H2,1-2H3. The van der Waals surface area contributed by atoms with E-state index in [0.29, 0.717) is 15.8 Å². The van der Waals surface area contributed by atoms with Gasteiger partial charge < -0.3 is 9.47 Å². The van der Waals surface area contributed by atoms with Crippen molar-refractivity contribution in [3.05, 3.63) is 52.3 Å². The van der Waals surface area contributed by atoms with Crippen LogP contribution in [0.3, 0.4) is 0 Å². The number of sulfonamides is 1. The van der Waals surface area contributed by atoms with E-state index in [2.05, 4.69) is 25.4 Å². The van der Waals surface area contributed by atoms with E-state index in [1.165, 1.54) is 37.4 Å². The summed E-state index contributed by atoms with van der Waals surface area (Å²) < 4.78 is 51.1. The highest BCUT2D eigenvalue weighted by Gasteiger charge is 2.18. The fourth-order valence-corrected chi connectivity index (χ4v) is 3.41. The van der Waals surface area contributed by atoms with Crippen molar-refractivity contribution in [1.29, 1.82) is 0 Å². The number of hydrogen-bond acceptors (Lipinski definition) is 5. The Morgan fingerprint density at radius 3 is 2.56 bits per heavy atom. The van der Waals surface area contributed by atoms with Crippen LogP contribution >= 0.6 is 15.9 Å². The van der Waals surface area contributed by atoms with Gasteiger partial charge in [0.15, 0.2) is 6.61 Å². The quantitative estimate of drug-likeness (QED) is 0.709. The number of halogens is 2. The SMILES string of the molecule is COC(=O)COc1ccc(S(=O)(=O)Nc2ccc(Br)cc2F)cc1C. The molecule has 0 amide bonds. The predicted octanol–water partition coefficient (Wildman–Crippen LogP) is 3.25. The lowest BCUT2D eigenvalue weighted by molar-refractivity contribution is -0.142. The van der Waals surface area contributed by atoms with Crippen LogP contribution in [0.1, 0.15) is 5.56 Å². The molecule has 0 heterocycles. The van der Waals surface area contributed by atoms with E-state index in [1.807, 2.05) is 0 Å². The average Bonchev–Trinajstić information content (AvgIpc) is 2.55. The molecule has 0 bridgehead atoms. The van der Waals surface area contributed by atoms with E-state index in [4.69, 9.17) is 4.74 Å². The Morgan fingerprint density at radius 1 is 1.24 bits per heavy atom. The summed E-state index contributed by atoms with van der Waals surface area (Å²) in [5.74, 6) is -0.907. The number of nitrogens with one attached hydrogen (secondary N) is 1.